The van der Waals surface area contributed by atoms with Crippen molar-refractivity contribution in [2.45, 2.75) is 46.1 Å². The van der Waals surface area contributed by atoms with Crippen LogP contribution in [-0.2, 0) is 6.42 Å². The maximum Gasteiger partial charge on any atom is 0.138 e. The highest BCUT2D eigenvalue weighted by molar-refractivity contribution is 4.95. The number of rotatable bonds is 0. The van der Waals surface area contributed by atoms with Crippen LogP contribution in [0.2, 0.25) is 0 Å². The maximum atomic E-state index is 4.31. The first-order valence-electron chi connectivity index (χ1n) is 4.97. The Morgan fingerprint density at radius 2 is 2.23 bits per heavy atom. The molecule has 0 amide bonds. The molecule has 0 spiro atoms. The molecule has 0 bridgehead atoms. The second-order valence-electron chi connectivity index (χ2n) is 4.89. The summed E-state index contributed by atoms with van der Waals surface area (Å²) in [7, 11) is 0. The smallest absolute Gasteiger partial charge is 0.138 e. The Kier molecular flexibility index (Phi) is 1.90. The molecule has 1 atom stereocenters. The molecule has 0 saturated carbocycles. The Morgan fingerprint density at radius 1 is 1.46 bits per heavy atom. The average molecular weight is 179 g/mol. The van der Waals surface area contributed by atoms with Gasteiger partial charge in [-0.25, -0.2) is 9.67 Å². The van der Waals surface area contributed by atoms with Crippen LogP contribution in [0.5, 0.6) is 0 Å². The first-order valence-corrected chi connectivity index (χ1v) is 4.97. The molecule has 2 rings (SSSR count). The van der Waals surface area contributed by atoms with Crippen LogP contribution in [0.3, 0.4) is 0 Å². The van der Waals surface area contributed by atoms with Gasteiger partial charge in [0.25, 0.3) is 0 Å². The molecule has 3 nitrogen and oxygen atoms in total. The Bertz CT molecular complexity index is 295. The SMILES string of the molecule is CC(C)(C)C1CCCc2ncnn21. The van der Waals surface area contributed by atoms with E-state index in [-0.39, 0.29) is 0 Å². The predicted octanol–water partition coefficient (Wildman–Crippen LogP) is 2.20. The van der Waals surface area contributed by atoms with Gasteiger partial charge in [0.15, 0.2) is 0 Å². The molecule has 0 N–H and O–H groups in total. The zero-order chi connectivity index (χ0) is 9.47. The average Bonchev–Trinajstić information content (AvgIpc) is 2.48. The predicted molar refractivity (Wildman–Crippen MR) is 51.5 cm³/mol. The topological polar surface area (TPSA) is 30.7 Å². The van der Waals surface area contributed by atoms with Crippen LogP contribution in [0.4, 0.5) is 0 Å². The minimum Gasteiger partial charge on any atom is -0.247 e. The van der Waals surface area contributed by atoms with E-state index in [4.69, 9.17) is 0 Å². The first-order chi connectivity index (χ1) is 6.09. The van der Waals surface area contributed by atoms with Gasteiger partial charge in [-0.15, -0.1) is 0 Å². The van der Waals surface area contributed by atoms with Gasteiger partial charge in [-0.05, 0) is 18.3 Å². The lowest BCUT2D eigenvalue weighted by Crippen LogP contribution is -2.29. The molecule has 0 fully saturated rings. The Morgan fingerprint density at radius 3 is 2.92 bits per heavy atom. The molecule has 2 heterocycles. The van der Waals surface area contributed by atoms with Crippen molar-refractivity contribution in [3.63, 3.8) is 0 Å². The van der Waals surface area contributed by atoms with Gasteiger partial charge >= 0.3 is 0 Å². The lowest BCUT2D eigenvalue weighted by Gasteiger charge is -2.34. The van der Waals surface area contributed by atoms with E-state index in [1.54, 1.807) is 6.33 Å². The summed E-state index contributed by atoms with van der Waals surface area (Å²) in [6, 6.07) is 0.527. The molecule has 1 aliphatic heterocycles. The van der Waals surface area contributed by atoms with E-state index in [9.17, 15) is 0 Å². The highest BCUT2D eigenvalue weighted by Crippen LogP contribution is 2.37. The summed E-state index contributed by atoms with van der Waals surface area (Å²) in [5.74, 6) is 1.16. The van der Waals surface area contributed by atoms with Crippen LogP contribution in [0, 0.1) is 5.41 Å². The standard InChI is InChI=1S/C10H17N3/c1-10(2,3)8-5-4-6-9-11-7-12-13(8)9/h7-8H,4-6H2,1-3H3. The summed E-state index contributed by atoms with van der Waals surface area (Å²) in [6.45, 7) is 6.82. The van der Waals surface area contributed by atoms with Crippen molar-refractivity contribution in [2.75, 3.05) is 0 Å². The summed E-state index contributed by atoms with van der Waals surface area (Å²) in [6.07, 6.45) is 5.26. The van der Waals surface area contributed by atoms with E-state index < -0.39 is 0 Å². The van der Waals surface area contributed by atoms with E-state index in [1.807, 2.05) is 0 Å². The van der Waals surface area contributed by atoms with E-state index >= 15 is 0 Å². The van der Waals surface area contributed by atoms with Gasteiger partial charge in [0.05, 0.1) is 6.04 Å². The normalized spacial score (nSPS) is 22.8. The van der Waals surface area contributed by atoms with Gasteiger partial charge in [0, 0.05) is 6.42 Å². The first kappa shape index (κ1) is 8.73. The third-order valence-electron chi connectivity index (χ3n) is 2.82. The Labute approximate surface area is 79.2 Å². The van der Waals surface area contributed by atoms with Gasteiger partial charge in [0.2, 0.25) is 0 Å². The lowest BCUT2D eigenvalue weighted by molar-refractivity contribution is 0.187. The quantitative estimate of drug-likeness (QED) is 0.611. The van der Waals surface area contributed by atoms with Gasteiger partial charge in [0.1, 0.15) is 12.2 Å². The highest BCUT2D eigenvalue weighted by Gasteiger charge is 2.30. The largest absolute Gasteiger partial charge is 0.247 e. The number of hydrogen-bond acceptors (Lipinski definition) is 2. The van der Waals surface area contributed by atoms with Crippen molar-refractivity contribution in [3.8, 4) is 0 Å². The molecule has 0 saturated heterocycles. The van der Waals surface area contributed by atoms with Crippen molar-refractivity contribution in [2.24, 2.45) is 5.41 Å². The maximum absolute atomic E-state index is 4.31. The molecule has 1 aromatic heterocycles. The highest BCUT2D eigenvalue weighted by atomic mass is 15.4. The summed E-state index contributed by atoms with van der Waals surface area (Å²) in [5, 5.41) is 4.31. The van der Waals surface area contributed by atoms with E-state index in [0.717, 1.165) is 12.2 Å². The van der Waals surface area contributed by atoms with Crippen molar-refractivity contribution in [1.82, 2.24) is 14.8 Å². The summed E-state index contributed by atoms with van der Waals surface area (Å²) in [4.78, 5) is 4.27. The fraction of sp³-hybridized carbons (Fsp3) is 0.800. The second kappa shape index (κ2) is 2.82. The van der Waals surface area contributed by atoms with Crippen molar-refractivity contribution in [3.05, 3.63) is 12.2 Å². The fourth-order valence-corrected chi connectivity index (χ4v) is 2.09. The van der Waals surface area contributed by atoms with Gasteiger partial charge in [-0.2, -0.15) is 5.10 Å². The summed E-state index contributed by atoms with van der Waals surface area (Å²) in [5.41, 5.74) is 0.295. The van der Waals surface area contributed by atoms with Gasteiger partial charge < -0.3 is 0 Å². The summed E-state index contributed by atoms with van der Waals surface area (Å²) < 4.78 is 2.11. The third-order valence-corrected chi connectivity index (χ3v) is 2.82. The van der Waals surface area contributed by atoms with E-state index in [1.165, 1.54) is 12.8 Å². The van der Waals surface area contributed by atoms with Crippen molar-refractivity contribution in [1.29, 1.82) is 0 Å². The third kappa shape index (κ3) is 1.47. The second-order valence-corrected chi connectivity index (χ2v) is 4.89. The van der Waals surface area contributed by atoms with Crippen LogP contribution in [-0.4, -0.2) is 14.8 Å². The Balaban J connectivity index is 2.35. The molecule has 72 valence electrons. The van der Waals surface area contributed by atoms with Crippen LogP contribution >= 0.6 is 0 Å². The van der Waals surface area contributed by atoms with Crippen LogP contribution < -0.4 is 0 Å². The molecule has 1 aromatic rings. The van der Waals surface area contributed by atoms with E-state index in [0.29, 0.717) is 11.5 Å². The molecule has 1 unspecified atom stereocenters. The minimum absolute atomic E-state index is 0.295. The lowest BCUT2D eigenvalue weighted by atomic mass is 9.82. The molecule has 0 aliphatic carbocycles. The zero-order valence-electron chi connectivity index (χ0n) is 8.62. The molecule has 1 aliphatic rings. The van der Waals surface area contributed by atoms with E-state index in [2.05, 4.69) is 35.5 Å². The molecule has 0 aromatic carbocycles. The molecular formula is C10H17N3. The molecule has 13 heavy (non-hydrogen) atoms. The van der Waals surface area contributed by atoms with Crippen molar-refractivity contribution < 1.29 is 0 Å². The molecular weight excluding hydrogens is 162 g/mol. The fourth-order valence-electron chi connectivity index (χ4n) is 2.09. The summed E-state index contributed by atoms with van der Waals surface area (Å²) >= 11 is 0. The number of nitrogens with zero attached hydrogens (tertiary/aromatic N) is 3. The number of aromatic nitrogens is 3. The number of aryl methyl sites for hydroxylation is 1. The monoisotopic (exact) mass is 179 g/mol. The van der Waals surface area contributed by atoms with Crippen molar-refractivity contribution >= 4 is 0 Å². The molecule has 3 heteroatoms. The molecule has 0 radical (unpaired) electrons. The number of hydrogen-bond donors (Lipinski definition) is 0. The van der Waals surface area contributed by atoms with Crippen LogP contribution in [0.1, 0.15) is 45.5 Å². The van der Waals surface area contributed by atoms with Crippen LogP contribution in [0.25, 0.3) is 0 Å². The van der Waals surface area contributed by atoms with Crippen LogP contribution in [0.15, 0.2) is 6.33 Å². The zero-order valence-corrected chi connectivity index (χ0v) is 8.62. The van der Waals surface area contributed by atoms with Gasteiger partial charge in [-0.3, -0.25) is 0 Å². The van der Waals surface area contributed by atoms with Gasteiger partial charge in [-0.1, -0.05) is 20.8 Å². The Hall–Kier alpha value is -0.860. The number of fused-ring (bicyclic) bond motifs is 1. The minimum atomic E-state index is 0.295.